The molecule has 9 heteroatoms. The van der Waals surface area contributed by atoms with Crippen molar-refractivity contribution in [3.8, 4) is 5.75 Å². The zero-order chi connectivity index (χ0) is 24.4. The fourth-order valence-corrected chi connectivity index (χ4v) is 5.09. The fraction of sp³-hybridized carbons (Fsp3) is 0.385. The van der Waals surface area contributed by atoms with Crippen LogP contribution in [0.5, 0.6) is 5.75 Å². The number of aromatic nitrogens is 1. The van der Waals surface area contributed by atoms with Crippen LogP contribution < -0.4 is 10.1 Å². The van der Waals surface area contributed by atoms with E-state index in [0.717, 1.165) is 30.2 Å². The van der Waals surface area contributed by atoms with E-state index in [1.54, 1.807) is 30.2 Å². The molecule has 0 atom stereocenters. The number of piperidine rings is 1. The van der Waals surface area contributed by atoms with E-state index in [1.807, 2.05) is 29.2 Å². The van der Waals surface area contributed by atoms with Gasteiger partial charge in [0.15, 0.2) is 5.76 Å². The molecule has 2 aliphatic heterocycles. The number of furan rings is 1. The molecule has 0 radical (unpaired) electrons. The largest absolute Gasteiger partial charge is 0.496 e. The minimum Gasteiger partial charge on any atom is -0.496 e. The second kappa shape index (κ2) is 9.40. The highest BCUT2D eigenvalue weighted by Crippen LogP contribution is 2.41. The summed E-state index contributed by atoms with van der Waals surface area (Å²) >= 11 is 0. The number of rotatable bonds is 5. The summed E-state index contributed by atoms with van der Waals surface area (Å²) in [4.78, 5) is 46.1. The van der Waals surface area contributed by atoms with Crippen molar-refractivity contribution in [1.82, 2.24) is 20.1 Å². The van der Waals surface area contributed by atoms with Crippen LogP contribution in [0.4, 0.5) is 0 Å². The molecule has 2 fully saturated rings. The van der Waals surface area contributed by atoms with Crippen LogP contribution >= 0.6 is 0 Å². The predicted octanol–water partition coefficient (Wildman–Crippen LogP) is 2.72. The van der Waals surface area contributed by atoms with Crippen molar-refractivity contribution in [3.63, 3.8) is 0 Å². The van der Waals surface area contributed by atoms with Gasteiger partial charge in [0.25, 0.3) is 11.8 Å². The van der Waals surface area contributed by atoms with Gasteiger partial charge in [-0.05, 0) is 48.9 Å². The molecule has 35 heavy (non-hydrogen) atoms. The van der Waals surface area contributed by atoms with Gasteiger partial charge in [-0.3, -0.25) is 14.4 Å². The summed E-state index contributed by atoms with van der Waals surface area (Å²) in [5.41, 5.74) is 1.12. The van der Waals surface area contributed by atoms with Crippen molar-refractivity contribution in [2.75, 3.05) is 39.8 Å². The zero-order valence-electron chi connectivity index (χ0n) is 19.7. The maximum Gasteiger partial charge on any atom is 0.287 e. The molecule has 0 saturated carbocycles. The van der Waals surface area contributed by atoms with E-state index in [4.69, 9.17) is 9.15 Å². The Hall–Kier alpha value is -3.88. The molecule has 0 aliphatic carbocycles. The van der Waals surface area contributed by atoms with Crippen LogP contribution in [0.2, 0.25) is 0 Å². The second-order valence-electron chi connectivity index (χ2n) is 9.24. The highest BCUT2D eigenvalue weighted by Gasteiger charge is 2.43. The van der Waals surface area contributed by atoms with Crippen LogP contribution in [-0.4, -0.2) is 72.3 Å². The highest BCUT2D eigenvalue weighted by molar-refractivity contribution is 5.97. The number of methoxy groups -OCH3 is 1. The number of fused-ring (bicyclic) bond motifs is 1. The molecule has 4 heterocycles. The number of ether oxygens (including phenoxy) is 1. The van der Waals surface area contributed by atoms with Crippen molar-refractivity contribution >= 4 is 28.6 Å². The van der Waals surface area contributed by atoms with Gasteiger partial charge in [0, 0.05) is 37.6 Å². The summed E-state index contributed by atoms with van der Waals surface area (Å²) in [6.07, 6.45) is 3.97. The van der Waals surface area contributed by atoms with E-state index in [1.165, 1.54) is 6.26 Å². The highest BCUT2D eigenvalue weighted by atomic mass is 16.5. The van der Waals surface area contributed by atoms with Crippen LogP contribution in [0, 0.1) is 5.41 Å². The van der Waals surface area contributed by atoms with Gasteiger partial charge in [0.2, 0.25) is 5.91 Å². The van der Waals surface area contributed by atoms with E-state index in [0.29, 0.717) is 37.6 Å². The number of para-hydroxylation sites is 1. The van der Waals surface area contributed by atoms with Crippen molar-refractivity contribution in [3.05, 3.63) is 60.2 Å². The van der Waals surface area contributed by atoms with Crippen LogP contribution in [0.1, 0.15) is 40.3 Å². The standard InChI is InChI=1S/C26H28N4O5/c1-34-22-15-20(28-19-6-3-2-5-18(19)22)25(33)30-13-10-26(17-30)8-11-29(12-9-26)23(31)16-27-24(32)21-7-4-14-35-21/h2-7,14-15H,8-13,16-17H2,1H3,(H,27,32). The first-order chi connectivity index (χ1) is 17.0. The average molecular weight is 477 g/mol. The number of likely N-dealkylation sites (tertiary alicyclic amines) is 2. The lowest BCUT2D eigenvalue weighted by atomic mass is 9.78. The molecule has 3 aromatic rings. The number of nitrogens with one attached hydrogen (secondary N) is 1. The fourth-order valence-electron chi connectivity index (χ4n) is 5.09. The van der Waals surface area contributed by atoms with Crippen LogP contribution in [0.15, 0.2) is 53.1 Å². The molecule has 1 aromatic carbocycles. The average Bonchev–Trinajstić information content (AvgIpc) is 3.57. The first-order valence-electron chi connectivity index (χ1n) is 11.8. The van der Waals surface area contributed by atoms with Gasteiger partial charge in [0.1, 0.15) is 11.4 Å². The van der Waals surface area contributed by atoms with Gasteiger partial charge in [-0.25, -0.2) is 4.98 Å². The summed E-state index contributed by atoms with van der Waals surface area (Å²) in [5.74, 6) is 0.215. The van der Waals surface area contributed by atoms with E-state index in [9.17, 15) is 14.4 Å². The third kappa shape index (κ3) is 4.58. The quantitative estimate of drug-likeness (QED) is 0.607. The Morgan fingerprint density at radius 3 is 2.51 bits per heavy atom. The van der Waals surface area contributed by atoms with Gasteiger partial charge >= 0.3 is 0 Å². The van der Waals surface area contributed by atoms with Gasteiger partial charge in [0.05, 0.1) is 25.4 Å². The lowest BCUT2D eigenvalue weighted by Gasteiger charge is -2.39. The first-order valence-corrected chi connectivity index (χ1v) is 11.8. The van der Waals surface area contributed by atoms with Gasteiger partial charge in [-0.15, -0.1) is 0 Å². The molecular formula is C26H28N4O5. The molecule has 182 valence electrons. The molecule has 0 bridgehead atoms. The number of benzene rings is 1. The minimum absolute atomic E-state index is 0.00475. The Labute approximate surface area is 203 Å². The molecule has 3 amide bonds. The van der Waals surface area contributed by atoms with E-state index in [-0.39, 0.29) is 29.5 Å². The Morgan fingerprint density at radius 1 is 1.06 bits per heavy atom. The third-order valence-corrected chi connectivity index (χ3v) is 7.16. The first kappa shape index (κ1) is 22.9. The van der Waals surface area contributed by atoms with Gasteiger partial charge in [-0.2, -0.15) is 0 Å². The maximum absolute atomic E-state index is 13.3. The Kier molecular flexibility index (Phi) is 6.15. The molecule has 2 saturated heterocycles. The topological polar surface area (TPSA) is 105 Å². The number of carbonyl (C=O) groups excluding carboxylic acids is 3. The van der Waals surface area contributed by atoms with Gasteiger partial charge in [-0.1, -0.05) is 12.1 Å². The molecular weight excluding hydrogens is 448 g/mol. The lowest BCUT2D eigenvalue weighted by molar-refractivity contribution is -0.132. The summed E-state index contributed by atoms with van der Waals surface area (Å²) in [6.45, 7) is 2.48. The molecule has 1 N–H and O–H groups in total. The smallest absolute Gasteiger partial charge is 0.287 e. The Morgan fingerprint density at radius 2 is 1.80 bits per heavy atom. The number of nitrogens with zero attached hydrogens (tertiary/aromatic N) is 3. The number of carbonyl (C=O) groups is 3. The third-order valence-electron chi connectivity index (χ3n) is 7.16. The van der Waals surface area contributed by atoms with E-state index in [2.05, 4.69) is 10.3 Å². The Balaban J connectivity index is 1.18. The normalized spacial score (nSPS) is 17.1. The zero-order valence-corrected chi connectivity index (χ0v) is 19.7. The lowest BCUT2D eigenvalue weighted by Crippen LogP contribution is -2.47. The molecule has 9 nitrogen and oxygen atoms in total. The Bertz CT molecular complexity index is 1250. The number of hydrogen-bond donors (Lipinski definition) is 1. The SMILES string of the molecule is COc1cc(C(=O)N2CCC3(CCN(C(=O)CNC(=O)c4ccco4)CC3)C2)nc2ccccc12. The summed E-state index contributed by atoms with van der Waals surface area (Å²) in [7, 11) is 1.60. The van der Waals surface area contributed by atoms with Crippen molar-refractivity contribution < 1.29 is 23.5 Å². The van der Waals surface area contributed by atoms with Crippen molar-refractivity contribution in [2.24, 2.45) is 5.41 Å². The van der Waals surface area contributed by atoms with Crippen LogP contribution in [0.3, 0.4) is 0 Å². The summed E-state index contributed by atoms with van der Waals surface area (Å²) < 4.78 is 10.6. The summed E-state index contributed by atoms with van der Waals surface area (Å²) in [6, 6.07) is 12.5. The molecule has 2 aliphatic rings. The van der Waals surface area contributed by atoms with Crippen LogP contribution in [-0.2, 0) is 4.79 Å². The maximum atomic E-state index is 13.3. The molecule has 2 aromatic heterocycles. The monoisotopic (exact) mass is 476 g/mol. The second-order valence-corrected chi connectivity index (χ2v) is 9.24. The number of hydrogen-bond acceptors (Lipinski definition) is 6. The van der Waals surface area contributed by atoms with Gasteiger partial charge < -0.3 is 24.3 Å². The molecule has 0 unspecified atom stereocenters. The number of amides is 3. The summed E-state index contributed by atoms with van der Waals surface area (Å²) in [5, 5.41) is 3.49. The van der Waals surface area contributed by atoms with E-state index >= 15 is 0 Å². The number of pyridine rings is 1. The molecule has 5 rings (SSSR count). The van der Waals surface area contributed by atoms with Crippen molar-refractivity contribution in [1.29, 1.82) is 0 Å². The minimum atomic E-state index is -0.402. The van der Waals surface area contributed by atoms with Crippen molar-refractivity contribution in [2.45, 2.75) is 19.3 Å². The molecule has 1 spiro atoms. The van der Waals surface area contributed by atoms with Crippen LogP contribution in [0.25, 0.3) is 10.9 Å². The van der Waals surface area contributed by atoms with E-state index < -0.39 is 5.91 Å². The predicted molar refractivity (Wildman–Crippen MR) is 128 cm³/mol.